The lowest BCUT2D eigenvalue weighted by molar-refractivity contribution is -0.142. The molecular weight excluding hydrogens is 240 g/mol. The van der Waals surface area contributed by atoms with E-state index in [0.717, 1.165) is 38.1 Å². The molecule has 2 rings (SSSR count). The first kappa shape index (κ1) is 14.8. The molecule has 19 heavy (non-hydrogen) atoms. The van der Waals surface area contributed by atoms with Crippen molar-refractivity contribution in [1.82, 2.24) is 10.2 Å². The molecule has 1 saturated heterocycles. The monoisotopic (exact) mass is 268 g/mol. The smallest absolute Gasteiger partial charge is 0.306 e. The van der Waals surface area contributed by atoms with Gasteiger partial charge in [0, 0.05) is 6.04 Å². The second-order valence-corrected chi connectivity index (χ2v) is 6.38. The first-order chi connectivity index (χ1) is 9.15. The highest BCUT2D eigenvalue weighted by atomic mass is 16.4. The number of piperidine rings is 1. The summed E-state index contributed by atoms with van der Waals surface area (Å²) in [5.41, 5.74) is 0. The topological polar surface area (TPSA) is 52.6 Å². The molecule has 0 atom stereocenters. The van der Waals surface area contributed by atoms with E-state index in [1.54, 1.807) is 0 Å². The van der Waals surface area contributed by atoms with Crippen molar-refractivity contribution in [2.75, 3.05) is 26.7 Å². The highest BCUT2D eigenvalue weighted by Gasteiger charge is 2.25. The Hall–Kier alpha value is -0.610. The molecule has 0 aromatic rings. The maximum Gasteiger partial charge on any atom is 0.306 e. The lowest BCUT2D eigenvalue weighted by atomic mass is 9.86. The van der Waals surface area contributed by atoms with Crippen molar-refractivity contribution in [2.45, 2.75) is 51.0 Å². The number of carbonyl (C=O) groups is 1. The van der Waals surface area contributed by atoms with Crippen LogP contribution in [-0.4, -0.2) is 48.7 Å². The zero-order chi connectivity index (χ0) is 13.7. The van der Waals surface area contributed by atoms with Crippen molar-refractivity contribution >= 4 is 5.97 Å². The SMILES string of the molecule is CN1CCC(CCNC2CCC(C(=O)O)CC2)CC1. The van der Waals surface area contributed by atoms with Gasteiger partial charge in [0.15, 0.2) is 0 Å². The predicted octanol–water partition coefficient (Wildman–Crippen LogP) is 1.95. The molecule has 1 heterocycles. The summed E-state index contributed by atoms with van der Waals surface area (Å²) in [5, 5.41) is 12.6. The Bertz CT molecular complexity index is 280. The number of rotatable bonds is 5. The van der Waals surface area contributed by atoms with E-state index in [2.05, 4.69) is 17.3 Å². The summed E-state index contributed by atoms with van der Waals surface area (Å²) in [6.07, 6.45) is 7.72. The third kappa shape index (κ3) is 4.77. The highest BCUT2D eigenvalue weighted by Crippen LogP contribution is 2.25. The number of hydrogen-bond acceptors (Lipinski definition) is 3. The van der Waals surface area contributed by atoms with Crippen molar-refractivity contribution < 1.29 is 9.90 Å². The molecule has 2 N–H and O–H groups in total. The first-order valence-electron chi connectivity index (χ1n) is 7.80. The van der Waals surface area contributed by atoms with Crippen LogP contribution in [0.3, 0.4) is 0 Å². The van der Waals surface area contributed by atoms with Crippen LogP contribution in [0, 0.1) is 11.8 Å². The van der Waals surface area contributed by atoms with E-state index in [0.29, 0.717) is 6.04 Å². The summed E-state index contributed by atoms with van der Waals surface area (Å²) in [7, 11) is 2.20. The summed E-state index contributed by atoms with van der Waals surface area (Å²) in [5.74, 6) is 0.191. The number of carboxylic acid groups (broad SMARTS) is 1. The molecule has 0 unspecified atom stereocenters. The van der Waals surface area contributed by atoms with Crippen molar-refractivity contribution in [3.8, 4) is 0 Å². The van der Waals surface area contributed by atoms with Crippen LogP contribution in [0.2, 0.25) is 0 Å². The van der Waals surface area contributed by atoms with Gasteiger partial charge in [-0.2, -0.15) is 0 Å². The molecule has 0 spiro atoms. The molecule has 1 saturated carbocycles. The second kappa shape index (κ2) is 7.25. The Balaban J connectivity index is 1.56. The number of nitrogens with zero attached hydrogens (tertiary/aromatic N) is 1. The third-order valence-corrected chi connectivity index (χ3v) is 4.90. The minimum atomic E-state index is -0.607. The van der Waals surface area contributed by atoms with Gasteiger partial charge >= 0.3 is 5.97 Å². The molecule has 0 aromatic heterocycles. The zero-order valence-corrected chi connectivity index (χ0v) is 12.1. The van der Waals surface area contributed by atoms with Crippen LogP contribution < -0.4 is 5.32 Å². The lowest BCUT2D eigenvalue weighted by Crippen LogP contribution is -2.37. The Morgan fingerprint density at radius 1 is 1.16 bits per heavy atom. The predicted molar refractivity (Wildman–Crippen MR) is 76.2 cm³/mol. The van der Waals surface area contributed by atoms with Gasteiger partial charge in [0.05, 0.1) is 5.92 Å². The van der Waals surface area contributed by atoms with Crippen molar-refractivity contribution in [3.63, 3.8) is 0 Å². The van der Waals surface area contributed by atoms with Gasteiger partial charge in [0.1, 0.15) is 0 Å². The largest absolute Gasteiger partial charge is 0.481 e. The van der Waals surface area contributed by atoms with E-state index in [9.17, 15) is 4.79 Å². The second-order valence-electron chi connectivity index (χ2n) is 6.38. The van der Waals surface area contributed by atoms with Gasteiger partial charge in [-0.25, -0.2) is 0 Å². The number of aliphatic carboxylic acids is 1. The van der Waals surface area contributed by atoms with Crippen LogP contribution in [0.15, 0.2) is 0 Å². The fraction of sp³-hybridized carbons (Fsp3) is 0.933. The molecule has 0 radical (unpaired) electrons. The molecule has 0 bridgehead atoms. The van der Waals surface area contributed by atoms with Gasteiger partial charge in [0.25, 0.3) is 0 Å². The van der Waals surface area contributed by atoms with Gasteiger partial charge in [-0.05, 0) is 77.5 Å². The quantitative estimate of drug-likeness (QED) is 0.800. The highest BCUT2D eigenvalue weighted by molar-refractivity contribution is 5.70. The molecule has 4 nitrogen and oxygen atoms in total. The number of likely N-dealkylation sites (tertiary alicyclic amines) is 1. The summed E-state index contributed by atoms with van der Waals surface area (Å²) >= 11 is 0. The van der Waals surface area contributed by atoms with E-state index >= 15 is 0 Å². The average Bonchev–Trinajstić information content (AvgIpc) is 2.41. The van der Waals surface area contributed by atoms with Crippen LogP contribution in [-0.2, 0) is 4.79 Å². The van der Waals surface area contributed by atoms with Gasteiger partial charge in [-0.3, -0.25) is 4.79 Å². The molecule has 110 valence electrons. The van der Waals surface area contributed by atoms with E-state index in [1.165, 1.54) is 32.4 Å². The standard InChI is InChI=1S/C15H28N2O2/c1-17-10-7-12(8-11-17)6-9-16-14-4-2-13(3-5-14)15(18)19/h12-14,16H,2-11H2,1H3,(H,18,19). The van der Waals surface area contributed by atoms with Gasteiger partial charge in [-0.15, -0.1) is 0 Å². The summed E-state index contributed by atoms with van der Waals surface area (Å²) in [6.45, 7) is 3.60. The van der Waals surface area contributed by atoms with Gasteiger partial charge in [-0.1, -0.05) is 0 Å². The minimum absolute atomic E-state index is 0.0908. The Morgan fingerprint density at radius 2 is 1.79 bits per heavy atom. The number of nitrogens with one attached hydrogen (secondary N) is 1. The van der Waals surface area contributed by atoms with E-state index in [4.69, 9.17) is 5.11 Å². The molecule has 2 fully saturated rings. The van der Waals surface area contributed by atoms with Crippen LogP contribution in [0.5, 0.6) is 0 Å². The lowest BCUT2D eigenvalue weighted by Gasteiger charge is -2.30. The Labute approximate surface area is 116 Å². The summed E-state index contributed by atoms with van der Waals surface area (Å²) in [6, 6.07) is 0.557. The van der Waals surface area contributed by atoms with Crippen molar-refractivity contribution in [3.05, 3.63) is 0 Å². The number of hydrogen-bond donors (Lipinski definition) is 2. The van der Waals surface area contributed by atoms with Crippen molar-refractivity contribution in [2.24, 2.45) is 11.8 Å². The third-order valence-electron chi connectivity index (χ3n) is 4.90. The Morgan fingerprint density at radius 3 is 2.37 bits per heavy atom. The Kier molecular flexibility index (Phi) is 5.64. The summed E-state index contributed by atoms with van der Waals surface area (Å²) in [4.78, 5) is 13.3. The molecule has 0 amide bonds. The van der Waals surface area contributed by atoms with Crippen LogP contribution in [0.4, 0.5) is 0 Å². The normalized spacial score (nSPS) is 30.4. The molecule has 1 aliphatic carbocycles. The van der Waals surface area contributed by atoms with Gasteiger partial charge < -0.3 is 15.3 Å². The van der Waals surface area contributed by atoms with Crippen molar-refractivity contribution in [1.29, 1.82) is 0 Å². The fourth-order valence-electron chi connectivity index (χ4n) is 3.39. The summed E-state index contributed by atoms with van der Waals surface area (Å²) < 4.78 is 0. The number of carboxylic acids is 1. The molecule has 1 aliphatic heterocycles. The molecule has 4 heteroatoms. The fourth-order valence-corrected chi connectivity index (χ4v) is 3.39. The van der Waals surface area contributed by atoms with Crippen LogP contribution in [0.25, 0.3) is 0 Å². The maximum atomic E-state index is 10.9. The van der Waals surface area contributed by atoms with Gasteiger partial charge in [0.2, 0.25) is 0 Å². The van der Waals surface area contributed by atoms with Crippen LogP contribution in [0.1, 0.15) is 44.9 Å². The molecular formula is C15H28N2O2. The molecule has 2 aliphatic rings. The first-order valence-corrected chi connectivity index (χ1v) is 7.80. The van der Waals surface area contributed by atoms with E-state index in [-0.39, 0.29) is 5.92 Å². The molecule has 0 aromatic carbocycles. The van der Waals surface area contributed by atoms with E-state index < -0.39 is 5.97 Å². The average molecular weight is 268 g/mol. The minimum Gasteiger partial charge on any atom is -0.481 e. The zero-order valence-electron chi connectivity index (χ0n) is 12.1. The maximum absolute atomic E-state index is 10.9. The van der Waals surface area contributed by atoms with E-state index in [1.807, 2.05) is 0 Å². The van der Waals surface area contributed by atoms with Crippen LogP contribution >= 0.6 is 0 Å².